The molecule has 0 unspecified atom stereocenters. The zero-order chi connectivity index (χ0) is 27.4. The lowest BCUT2D eigenvalue weighted by Gasteiger charge is -2.21. The van der Waals surface area contributed by atoms with Crippen molar-refractivity contribution < 1.29 is 22.7 Å². The maximum Gasteiger partial charge on any atom is 0.277 e. The van der Waals surface area contributed by atoms with Crippen molar-refractivity contribution >= 4 is 9.84 Å². The predicted octanol–water partition coefficient (Wildman–Crippen LogP) is 4.94. The third-order valence-electron chi connectivity index (χ3n) is 6.34. The van der Waals surface area contributed by atoms with Gasteiger partial charge in [0.05, 0.1) is 24.2 Å². The van der Waals surface area contributed by atoms with Gasteiger partial charge in [-0.25, -0.2) is 12.8 Å². The van der Waals surface area contributed by atoms with Crippen molar-refractivity contribution in [1.82, 2.24) is 14.5 Å². The van der Waals surface area contributed by atoms with Crippen molar-refractivity contribution in [2.45, 2.75) is 48.9 Å². The molecule has 1 atom stereocenters. The second-order valence-corrected chi connectivity index (χ2v) is 10.7. The number of hydrogen-bond donors (Lipinski definition) is 1. The van der Waals surface area contributed by atoms with E-state index in [1.807, 2.05) is 6.92 Å². The van der Waals surface area contributed by atoms with Crippen molar-refractivity contribution in [3.63, 3.8) is 0 Å². The van der Waals surface area contributed by atoms with Gasteiger partial charge >= 0.3 is 0 Å². The largest absolute Gasteiger partial charge is 0.497 e. The Morgan fingerprint density at radius 2 is 1.74 bits per heavy atom. The van der Waals surface area contributed by atoms with Crippen molar-refractivity contribution in [1.29, 1.82) is 0 Å². The van der Waals surface area contributed by atoms with E-state index in [1.165, 1.54) is 41.1 Å². The Morgan fingerprint density at radius 1 is 1.05 bits per heavy atom. The number of nitrogens with zero attached hydrogens (tertiary/aromatic N) is 3. The summed E-state index contributed by atoms with van der Waals surface area (Å²) in [5, 5.41) is 10.7. The zero-order valence-electron chi connectivity index (χ0n) is 21.3. The topological polar surface area (TPSA) is 111 Å². The second kappa shape index (κ2) is 11.1. The fraction of sp³-hybridized carbons (Fsp3) is 0.250. The smallest absolute Gasteiger partial charge is 0.277 e. The monoisotopic (exact) mass is 537 g/mol. The molecule has 0 radical (unpaired) electrons. The molecule has 2 aromatic heterocycles. The van der Waals surface area contributed by atoms with E-state index in [9.17, 15) is 22.7 Å². The molecule has 0 aliphatic carbocycles. The number of methoxy groups -OCH3 is 1. The number of benzene rings is 2. The highest BCUT2D eigenvalue weighted by Gasteiger charge is 2.31. The van der Waals surface area contributed by atoms with Crippen LogP contribution in [-0.4, -0.2) is 35.2 Å². The number of aromatic nitrogens is 3. The quantitative estimate of drug-likeness (QED) is 0.322. The van der Waals surface area contributed by atoms with E-state index in [2.05, 4.69) is 9.97 Å². The van der Waals surface area contributed by atoms with E-state index in [4.69, 9.17) is 4.74 Å². The van der Waals surface area contributed by atoms with Crippen LogP contribution in [0.1, 0.15) is 44.1 Å². The van der Waals surface area contributed by atoms with Crippen LogP contribution in [0.15, 0.2) is 81.6 Å². The molecule has 0 bridgehead atoms. The van der Waals surface area contributed by atoms with Crippen LogP contribution in [-0.2, 0) is 16.3 Å². The van der Waals surface area contributed by atoms with Crippen molar-refractivity contribution in [2.75, 3.05) is 7.11 Å². The van der Waals surface area contributed by atoms with Gasteiger partial charge in [-0.3, -0.25) is 14.3 Å². The molecule has 0 aliphatic heterocycles. The fourth-order valence-corrected chi connectivity index (χ4v) is 5.58. The van der Waals surface area contributed by atoms with Gasteiger partial charge in [0.15, 0.2) is 4.90 Å². The van der Waals surface area contributed by atoms with Crippen LogP contribution in [0.4, 0.5) is 4.39 Å². The fourth-order valence-electron chi connectivity index (χ4n) is 4.24. The first-order valence-corrected chi connectivity index (χ1v) is 13.6. The summed E-state index contributed by atoms with van der Waals surface area (Å²) in [4.78, 5) is 20.8. The Hall–Kier alpha value is -4.05. The normalized spacial score (nSPS) is 12.3. The standard InChI is InChI=1S/C28H28FN3O5S/c1-4-5-6-25-31-27(33)26(28(34)32(25)18(2)19-7-11-23(37-3)12-8-19)38(35,36)24-13-9-20(10-14-24)21-15-22(29)17-30-16-21/h7-18,33H,4-6H2,1-3H3/t18-/m0/s1. The second-order valence-electron chi connectivity index (χ2n) is 8.83. The maximum absolute atomic E-state index is 13.8. The van der Waals surface area contributed by atoms with E-state index < -0.39 is 38.0 Å². The molecular weight excluding hydrogens is 509 g/mol. The molecule has 0 saturated heterocycles. The van der Waals surface area contributed by atoms with Crippen molar-refractivity contribution in [2.24, 2.45) is 0 Å². The molecule has 10 heteroatoms. The number of hydrogen-bond acceptors (Lipinski definition) is 7. The number of aromatic hydroxyl groups is 1. The molecule has 0 amide bonds. The molecule has 2 aromatic carbocycles. The van der Waals surface area contributed by atoms with Crippen molar-refractivity contribution in [3.8, 4) is 22.8 Å². The third-order valence-corrected chi connectivity index (χ3v) is 8.13. The first-order chi connectivity index (χ1) is 18.2. The van der Waals surface area contributed by atoms with Gasteiger partial charge in [0.1, 0.15) is 17.4 Å². The maximum atomic E-state index is 13.8. The van der Waals surface area contributed by atoms with Gasteiger partial charge in [-0.05, 0) is 54.8 Å². The van der Waals surface area contributed by atoms with Gasteiger partial charge in [0, 0.05) is 18.2 Å². The summed E-state index contributed by atoms with van der Waals surface area (Å²) < 4.78 is 47.3. The Balaban J connectivity index is 1.82. The minimum absolute atomic E-state index is 0.204. The summed E-state index contributed by atoms with van der Waals surface area (Å²) in [6, 6.07) is 13.4. The van der Waals surface area contributed by atoms with Gasteiger partial charge < -0.3 is 9.84 Å². The molecule has 38 heavy (non-hydrogen) atoms. The van der Waals surface area contributed by atoms with Crippen LogP contribution in [0.2, 0.25) is 0 Å². The SMILES string of the molecule is CCCCc1nc(O)c(S(=O)(=O)c2ccc(-c3cncc(F)c3)cc2)c(=O)n1[C@@H](C)c1ccc(OC)cc1. The molecule has 0 saturated carbocycles. The lowest BCUT2D eigenvalue weighted by Crippen LogP contribution is -2.32. The minimum Gasteiger partial charge on any atom is -0.497 e. The van der Waals surface area contributed by atoms with E-state index in [1.54, 1.807) is 38.3 Å². The van der Waals surface area contributed by atoms with Crippen LogP contribution < -0.4 is 10.3 Å². The Kier molecular flexibility index (Phi) is 7.91. The molecule has 1 N–H and O–H groups in total. The van der Waals surface area contributed by atoms with E-state index in [0.717, 1.165) is 18.2 Å². The number of aryl methyl sites for hydroxylation is 1. The highest BCUT2D eigenvalue weighted by atomic mass is 32.2. The number of ether oxygens (including phenoxy) is 1. The molecule has 2 heterocycles. The summed E-state index contributed by atoms with van der Waals surface area (Å²) in [5.74, 6) is -0.419. The Labute approximate surface area is 220 Å². The molecule has 0 fully saturated rings. The molecular formula is C28H28FN3O5S. The minimum atomic E-state index is -4.45. The van der Waals surface area contributed by atoms with Gasteiger partial charge in [0.25, 0.3) is 5.56 Å². The number of halogens is 1. The van der Waals surface area contributed by atoms with Crippen LogP contribution in [0.25, 0.3) is 11.1 Å². The van der Waals surface area contributed by atoms with Gasteiger partial charge in [-0.15, -0.1) is 0 Å². The zero-order valence-corrected chi connectivity index (χ0v) is 22.1. The van der Waals surface area contributed by atoms with Gasteiger partial charge in [-0.1, -0.05) is 37.6 Å². The van der Waals surface area contributed by atoms with Crippen LogP contribution in [0.5, 0.6) is 11.6 Å². The molecule has 0 spiro atoms. The number of unbranched alkanes of at least 4 members (excludes halogenated alkanes) is 1. The molecule has 4 aromatic rings. The number of rotatable bonds is 9. The van der Waals surface area contributed by atoms with Crippen LogP contribution in [0, 0.1) is 5.82 Å². The highest BCUT2D eigenvalue weighted by Crippen LogP contribution is 2.29. The molecule has 4 rings (SSSR count). The van der Waals surface area contributed by atoms with Gasteiger partial charge in [-0.2, -0.15) is 4.98 Å². The Morgan fingerprint density at radius 3 is 2.34 bits per heavy atom. The third kappa shape index (κ3) is 5.31. The summed E-state index contributed by atoms with van der Waals surface area (Å²) in [5.41, 5.74) is 0.896. The molecule has 8 nitrogen and oxygen atoms in total. The van der Waals surface area contributed by atoms with E-state index >= 15 is 0 Å². The van der Waals surface area contributed by atoms with E-state index in [0.29, 0.717) is 35.5 Å². The summed E-state index contributed by atoms with van der Waals surface area (Å²) >= 11 is 0. The average Bonchev–Trinajstić information content (AvgIpc) is 2.91. The summed E-state index contributed by atoms with van der Waals surface area (Å²) in [6.45, 7) is 3.76. The number of sulfone groups is 1. The van der Waals surface area contributed by atoms with Crippen molar-refractivity contribution in [3.05, 3.63) is 94.5 Å². The average molecular weight is 538 g/mol. The summed E-state index contributed by atoms with van der Waals surface area (Å²) in [7, 11) is -2.90. The number of pyridine rings is 1. The lowest BCUT2D eigenvalue weighted by atomic mass is 10.1. The predicted molar refractivity (Wildman–Crippen MR) is 141 cm³/mol. The molecule has 198 valence electrons. The Bertz CT molecular complexity index is 1600. The molecule has 0 aliphatic rings. The van der Waals surface area contributed by atoms with Crippen LogP contribution >= 0.6 is 0 Å². The first-order valence-electron chi connectivity index (χ1n) is 12.1. The highest BCUT2D eigenvalue weighted by molar-refractivity contribution is 7.91. The van der Waals surface area contributed by atoms with E-state index in [-0.39, 0.29) is 4.90 Å². The van der Waals surface area contributed by atoms with Gasteiger partial charge in [0.2, 0.25) is 15.7 Å². The van der Waals surface area contributed by atoms with Crippen LogP contribution in [0.3, 0.4) is 0 Å². The first kappa shape index (κ1) is 27.0. The lowest BCUT2D eigenvalue weighted by molar-refractivity contribution is 0.411. The summed E-state index contributed by atoms with van der Waals surface area (Å²) in [6.07, 6.45) is 4.43.